The van der Waals surface area contributed by atoms with Crippen LogP contribution in [0.4, 0.5) is 4.39 Å². The van der Waals surface area contributed by atoms with Crippen LogP contribution in [0.1, 0.15) is 84.7 Å². The zero-order chi connectivity index (χ0) is 26.7. The van der Waals surface area contributed by atoms with Crippen LogP contribution in [0.2, 0.25) is 0 Å². The third-order valence-corrected chi connectivity index (χ3v) is 7.79. The standard InChI is InChI=1S/C28H32FN5O4/c1-27(2,29)15-37-22-8-7-21-20(14-32-34(21)23(22)16-5-6-16)25(36)33-17-10-28(11-17)12-18(13-28)38-26-19(24(30)35)4-3-9-31-26/h3-4,7-9,14,16-18H,5-6,10-13,15H2,1-2H3,(H2,30,35)(H,33,36)/t17-,18-,28?. The van der Waals surface area contributed by atoms with Gasteiger partial charge in [-0.3, -0.25) is 9.59 Å². The lowest BCUT2D eigenvalue weighted by Gasteiger charge is -2.57. The van der Waals surface area contributed by atoms with Crippen molar-refractivity contribution in [3.8, 4) is 11.6 Å². The smallest absolute Gasteiger partial charge is 0.255 e. The first-order valence-electron chi connectivity index (χ1n) is 13.2. The summed E-state index contributed by atoms with van der Waals surface area (Å²) >= 11 is 0. The van der Waals surface area contributed by atoms with Gasteiger partial charge in [0, 0.05) is 18.2 Å². The fraction of sp³-hybridized carbons (Fsp3) is 0.500. The monoisotopic (exact) mass is 521 g/mol. The van der Waals surface area contributed by atoms with Gasteiger partial charge < -0.3 is 20.5 Å². The lowest BCUT2D eigenvalue weighted by molar-refractivity contribution is -0.0848. The molecule has 6 rings (SSSR count). The molecule has 200 valence electrons. The highest BCUT2D eigenvalue weighted by atomic mass is 19.1. The van der Waals surface area contributed by atoms with Gasteiger partial charge in [-0.05, 0) is 82.1 Å². The predicted octanol–water partition coefficient (Wildman–Crippen LogP) is 3.95. The molecule has 0 bridgehead atoms. The number of rotatable bonds is 9. The van der Waals surface area contributed by atoms with E-state index >= 15 is 0 Å². The molecular formula is C28H32FN5O4. The van der Waals surface area contributed by atoms with Crippen molar-refractivity contribution in [3.63, 3.8) is 0 Å². The Hall–Kier alpha value is -3.69. The molecule has 3 N–H and O–H groups in total. The van der Waals surface area contributed by atoms with Gasteiger partial charge in [-0.1, -0.05) is 0 Å². The van der Waals surface area contributed by atoms with Crippen molar-refractivity contribution < 1.29 is 23.5 Å². The summed E-state index contributed by atoms with van der Waals surface area (Å²) in [4.78, 5) is 28.9. The minimum atomic E-state index is -1.44. The van der Waals surface area contributed by atoms with Gasteiger partial charge in [-0.15, -0.1) is 0 Å². The van der Waals surface area contributed by atoms with E-state index in [-0.39, 0.29) is 41.5 Å². The Morgan fingerprint density at radius 3 is 2.63 bits per heavy atom. The minimum Gasteiger partial charge on any atom is -0.488 e. The molecule has 3 fully saturated rings. The molecule has 0 aromatic carbocycles. The topological polar surface area (TPSA) is 121 Å². The van der Waals surface area contributed by atoms with Crippen LogP contribution in [0.25, 0.3) is 5.52 Å². The number of fused-ring (bicyclic) bond motifs is 1. The number of carbonyl (C=O) groups excluding carboxylic acids is 2. The Kier molecular flexibility index (Phi) is 5.81. The second-order valence-electron chi connectivity index (χ2n) is 11.7. The summed E-state index contributed by atoms with van der Waals surface area (Å²) in [5.74, 6) is 0.504. The molecule has 0 atom stereocenters. The molecule has 3 aromatic heterocycles. The van der Waals surface area contributed by atoms with E-state index < -0.39 is 11.6 Å². The molecule has 38 heavy (non-hydrogen) atoms. The first-order chi connectivity index (χ1) is 18.1. The van der Waals surface area contributed by atoms with E-state index in [1.54, 1.807) is 29.0 Å². The number of nitrogens with one attached hydrogen (secondary N) is 1. The van der Waals surface area contributed by atoms with Gasteiger partial charge in [0.1, 0.15) is 29.7 Å². The fourth-order valence-corrected chi connectivity index (χ4v) is 5.84. The molecule has 1 spiro atoms. The number of nitrogens with two attached hydrogens (primary N) is 1. The fourth-order valence-electron chi connectivity index (χ4n) is 5.84. The molecule has 0 radical (unpaired) electrons. The third kappa shape index (κ3) is 4.68. The summed E-state index contributed by atoms with van der Waals surface area (Å²) < 4.78 is 27.5. The molecule has 3 aliphatic carbocycles. The molecule has 3 aliphatic rings. The Labute approximate surface area is 219 Å². The van der Waals surface area contributed by atoms with Gasteiger partial charge >= 0.3 is 0 Å². The van der Waals surface area contributed by atoms with E-state index in [1.807, 2.05) is 12.1 Å². The molecule has 0 unspecified atom stereocenters. The number of alkyl halides is 1. The van der Waals surface area contributed by atoms with Gasteiger partial charge in [0.2, 0.25) is 5.88 Å². The zero-order valence-electron chi connectivity index (χ0n) is 21.6. The first kappa shape index (κ1) is 24.6. The Balaban J connectivity index is 1.07. The molecule has 3 heterocycles. The zero-order valence-corrected chi connectivity index (χ0v) is 21.6. The number of primary amides is 1. The van der Waals surface area contributed by atoms with Crippen LogP contribution >= 0.6 is 0 Å². The van der Waals surface area contributed by atoms with Crippen molar-refractivity contribution in [2.45, 2.75) is 76.1 Å². The highest BCUT2D eigenvalue weighted by Gasteiger charge is 2.54. The number of ether oxygens (including phenoxy) is 2. The van der Waals surface area contributed by atoms with Gasteiger partial charge in [-0.25, -0.2) is 13.9 Å². The number of pyridine rings is 2. The number of nitrogens with zero attached hydrogens (tertiary/aromatic N) is 3. The lowest BCUT2D eigenvalue weighted by Crippen LogP contribution is -2.58. The van der Waals surface area contributed by atoms with Crippen LogP contribution in [-0.2, 0) is 0 Å². The van der Waals surface area contributed by atoms with E-state index in [0.29, 0.717) is 17.2 Å². The van der Waals surface area contributed by atoms with Gasteiger partial charge in [0.05, 0.1) is 23.0 Å². The lowest BCUT2D eigenvalue weighted by atomic mass is 9.53. The van der Waals surface area contributed by atoms with Crippen molar-refractivity contribution in [2.24, 2.45) is 11.1 Å². The van der Waals surface area contributed by atoms with Crippen LogP contribution in [0.15, 0.2) is 36.7 Å². The average molecular weight is 522 g/mol. The maximum Gasteiger partial charge on any atom is 0.255 e. The quantitative estimate of drug-likeness (QED) is 0.440. The highest BCUT2D eigenvalue weighted by molar-refractivity contribution is 6.01. The molecule has 10 heteroatoms. The number of aromatic nitrogens is 3. The predicted molar refractivity (Wildman–Crippen MR) is 137 cm³/mol. The van der Waals surface area contributed by atoms with Crippen molar-refractivity contribution in [2.75, 3.05) is 6.61 Å². The maximum atomic E-state index is 14.0. The second kappa shape index (κ2) is 8.96. The minimum absolute atomic E-state index is 0.0144. The molecular weight excluding hydrogens is 489 g/mol. The number of hydrogen-bond donors (Lipinski definition) is 2. The largest absolute Gasteiger partial charge is 0.488 e. The van der Waals surface area contributed by atoms with Crippen LogP contribution < -0.4 is 20.5 Å². The van der Waals surface area contributed by atoms with E-state index in [4.69, 9.17) is 15.2 Å². The Morgan fingerprint density at radius 1 is 1.18 bits per heavy atom. The van der Waals surface area contributed by atoms with Crippen molar-refractivity contribution >= 4 is 17.3 Å². The first-order valence-corrected chi connectivity index (χ1v) is 13.2. The van der Waals surface area contributed by atoms with E-state index in [9.17, 15) is 14.0 Å². The van der Waals surface area contributed by atoms with Crippen molar-refractivity contribution in [3.05, 3.63) is 53.5 Å². The number of halogens is 1. The van der Waals surface area contributed by atoms with Gasteiger partial charge in [-0.2, -0.15) is 5.10 Å². The molecule has 2 amide bonds. The third-order valence-electron chi connectivity index (χ3n) is 7.79. The van der Waals surface area contributed by atoms with Crippen LogP contribution in [-0.4, -0.2) is 50.8 Å². The van der Waals surface area contributed by atoms with E-state index in [2.05, 4.69) is 15.4 Å². The van der Waals surface area contributed by atoms with Gasteiger partial charge in [0.25, 0.3) is 11.8 Å². The highest BCUT2D eigenvalue weighted by Crippen LogP contribution is 2.57. The summed E-state index contributed by atoms with van der Waals surface area (Å²) in [6, 6.07) is 7.01. The average Bonchev–Trinajstić information content (AvgIpc) is 3.56. The van der Waals surface area contributed by atoms with Crippen molar-refractivity contribution in [1.82, 2.24) is 19.9 Å². The summed E-state index contributed by atoms with van der Waals surface area (Å²) in [6.07, 6.45) is 8.69. The normalized spacial score (nSPS) is 24.5. The molecule has 0 aliphatic heterocycles. The summed E-state index contributed by atoms with van der Waals surface area (Å²) in [5, 5.41) is 7.67. The molecule has 3 aromatic rings. The molecule has 9 nitrogen and oxygen atoms in total. The summed E-state index contributed by atoms with van der Waals surface area (Å²) in [7, 11) is 0. The number of hydrogen-bond acceptors (Lipinski definition) is 6. The molecule has 0 saturated heterocycles. The van der Waals surface area contributed by atoms with Gasteiger partial charge in [0.15, 0.2) is 0 Å². The Morgan fingerprint density at radius 2 is 1.95 bits per heavy atom. The number of amides is 2. The van der Waals surface area contributed by atoms with Crippen LogP contribution in [0.5, 0.6) is 11.6 Å². The van der Waals surface area contributed by atoms with E-state index in [0.717, 1.165) is 49.7 Å². The summed E-state index contributed by atoms with van der Waals surface area (Å²) in [5.41, 5.74) is 6.57. The van der Waals surface area contributed by atoms with E-state index in [1.165, 1.54) is 13.8 Å². The SMILES string of the molecule is CC(C)(F)COc1ccc2c(C(=O)N[C@H]3CC4(C3)C[C@H](Oc3ncccc3C(N)=O)C4)cnn2c1C1CC1. The van der Waals surface area contributed by atoms with Crippen LogP contribution in [0, 0.1) is 5.41 Å². The van der Waals surface area contributed by atoms with Crippen molar-refractivity contribution in [1.29, 1.82) is 0 Å². The summed E-state index contributed by atoms with van der Waals surface area (Å²) in [6.45, 7) is 2.93. The maximum absolute atomic E-state index is 14.0. The Bertz CT molecular complexity index is 1400. The second-order valence-corrected chi connectivity index (χ2v) is 11.7. The van der Waals surface area contributed by atoms with Crippen LogP contribution in [0.3, 0.4) is 0 Å². The molecule has 3 saturated carbocycles. The number of carbonyl (C=O) groups is 2.